The molecule has 0 saturated heterocycles. The number of benzene rings is 3. The third-order valence-electron chi connectivity index (χ3n) is 5.12. The van der Waals surface area contributed by atoms with Crippen molar-refractivity contribution in [2.45, 2.75) is 13.3 Å². The molecule has 0 fully saturated rings. The van der Waals surface area contributed by atoms with Crippen LogP contribution < -0.4 is 16.0 Å². The van der Waals surface area contributed by atoms with Crippen molar-refractivity contribution in [3.05, 3.63) is 75.5 Å². The van der Waals surface area contributed by atoms with E-state index in [4.69, 9.17) is 28.3 Å². The summed E-state index contributed by atoms with van der Waals surface area (Å²) in [6, 6.07) is 13.3. The number of halogens is 3. The predicted octanol–water partition coefficient (Wildman–Crippen LogP) is 5.87. The van der Waals surface area contributed by atoms with Crippen LogP contribution in [0, 0.1) is 12.7 Å². The molecule has 0 spiro atoms. The van der Waals surface area contributed by atoms with E-state index in [1.807, 2.05) is 25.1 Å². The maximum Gasteiger partial charge on any atom is 0.307 e. The topological polar surface area (TPSA) is 112 Å². The maximum absolute atomic E-state index is 13.7. The zero-order valence-electron chi connectivity index (χ0n) is 19.0. The molecule has 4 aromatic rings. The quantitative estimate of drug-likeness (QED) is 0.247. The fraction of sp³-hybridized carbons (Fsp3) is 0.167. The van der Waals surface area contributed by atoms with Crippen molar-refractivity contribution in [2.75, 3.05) is 23.7 Å². The molecule has 0 atom stereocenters. The van der Waals surface area contributed by atoms with Crippen LogP contribution in [0.3, 0.4) is 0 Å². The summed E-state index contributed by atoms with van der Waals surface area (Å²) in [6.45, 7) is 3.50. The zero-order valence-corrected chi connectivity index (χ0v) is 21.3. The van der Waals surface area contributed by atoms with Crippen LogP contribution in [-0.2, 0) is 11.2 Å². The van der Waals surface area contributed by atoms with Gasteiger partial charge < -0.3 is 21.1 Å². The summed E-state index contributed by atoms with van der Waals surface area (Å²) in [7, 11) is 0. The lowest BCUT2D eigenvalue weighted by molar-refractivity contribution is -0.136. The summed E-state index contributed by atoms with van der Waals surface area (Å²) < 4.78 is 22.1. The Hall–Kier alpha value is -3.47. The Morgan fingerprint density at radius 3 is 2.64 bits per heavy atom. The molecule has 4 N–H and O–H groups in total. The number of rotatable bonds is 5. The summed E-state index contributed by atoms with van der Waals surface area (Å²) in [4.78, 5) is 15.1. The number of fused-ring (bicyclic) bond motifs is 1. The molecule has 0 aliphatic carbocycles. The molecule has 2 heterocycles. The van der Waals surface area contributed by atoms with Gasteiger partial charge in [0.15, 0.2) is 5.96 Å². The van der Waals surface area contributed by atoms with Gasteiger partial charge in [-0.15, -0.1) is 0 Å². The third-order valence-corrected chi connectivity index (χ3v) is 6.29. The first-order valence-electron chi connectivity index (χ1n) is 10.8. The van der Waals surface area contributed by atoms with Crippen molar-refractivity contribution in [2.24, 2.45) is 4.99 Å². The van der Waals surface area contributed by atoms with Crippen LogP contribution in [0.2, 0.25) is 10.0 Å². The fourth-order valence-electron chi connectivity index (χ4n) is 3.45. The van der Waals surface area contributed by atoms with E-state index >= 15 is 0 Å². The lowest BCUT2D eigenvalue weighted by Gasteiger charge is -2.13. The minimum absolute atomic E-state index is 0.143. The smallest absolute Gasteiger partial charge is 0.307 e. The first-order chi connectivity index (χ1) is 17.3. The van der Waals surface area contributed by atoms with Gasteiger partial charge in [-0.1, -0.05) is 47.0 Å². The standard InChI is InChI=1S/C15H13ClFNO2.C9H8ClN5S/c1-9-5-6-13(10(7-9)8-14(19)20)18-15-11(16)3-2-4-12(15)17;10-5-1-2-6-8(15-16-14-6)7(5)13-9-11-3-4-12-9/h2-7,18H,8H2,1H3,(H,19,20);1-2H,3-4H2,(H2,11,12,13). The highest BCUT2D eigenvalue weighted by Gasteiger charge is 2.14. The van der Waals surface area contributed by atoms with E-state index in [1.165, 1.54) is 23.9 Å². The molecule has 1 aromatic heterocycles. The second kappa shape index (κ2) is 11.5. The highest BCUT2D eigenvalue weighted by molar-refractivity contribution is 7.00. The molecule has 1 aliphatic rings. The molecule has 0 radical (unpaired) electrons. The summed E-state index contributed by atoms with van der Waals surface area (Å²) in [5.74, 6) is -0.694. The number of carboxylic acids is 1. The molecular formula is C24H21Cl2FN6O2S. The number of para-hydroxylation sites is 1. The molecule has 5 rings (SSSR count). The van der Waals surface area contributed by atoms with Crippen molar-refractivity contribution in [1.82, 2.24) is 14.1 Å². The average Bonchev–Trinajstić information content (AvgIpc) is 3.52. The predicted molar refractivity (Wildman–Crippen MR) is 144 cm³/mol. The maximum atomic E-state index is 13.7. The zero-order chi connectivity index (χ0) is 25.7. The molecule has 0 saturated carbocycles. The van der Waals surface area contributed by atoms with E-state index in [-0.39, 0.29) is 17.1 Å². The summed E-state index contributed by atoms with van der Waals surface area (Å²) in [5.41, 5.74) is 4.59. The third kappa shape index (κ3) is 6.20. The van der Waals surface area contributed by atoms with Gasteiger partial charge in [-0.25, -0.2) is 4.39 Å². The van der Waals surface area contributed by atoms with Gasteiger partial charge in [0.1, 0.15) is 16.9 Å². The highest BCUT2D eigenvalue weighted by Crippen LogP contribution is 2.31. The van der Waals surface area contributed by atoms with Gasteiger partial charge in [-0.05, 0) is 42.8 Å². The normalized spacial score (nSPS) is 12.4. The van der Waals surface area contributed by atoms with E-state index in [0.717, 1.165) is 41.3 Å². The lowest BCUT2D eigenvalue weighted by Crippen LogP contribution is -2.26. The fourth-order valence-corrected chi connectivity index (χ4v) is 4.40. The van der Waals surface area contributed by atoms with Crippen molar-refractivity contribution in [1.29, 1.82) is 0 Å². The number of aliphatic carboxylic acids is 1. The highest BCUT2D eigenvalue weighted by atomic mass is 35.5. The van der Waals surface area contributed by atoms with Gasteiger partial charge in [0.2, 0.25) is 0 Å². The van der Waals surface area contributed by atoms with Gasteiger partial charge in [-0.3, -0.25) is 9.79 Å². The summed E-state index contributed by atoms with van der Waals surface area (Å²) in [5, 5.41) is 18.9. The molecular weight excluding hydrogens is 526 g/mol. The van der Waals surface area contributed by atoms with Gasteiger partial charge in [0.05, 0.1) is 46.1 Å². The van der Waals surface area contributed by atoms with E-state index in [2.05, 4.69) is 29.7 Å². The second-order valence-corrected chi connectivity index (χ2v) is 9.13. The number of carbonyl (C=O) groups is 1. The first-order valence-corrected chi connectivity index (χ1v) is 12.3. The molecule has 8 nitrogen and oxygen atoms in total. The largest absolute Gasteiger partial charge is 0.481 e. The number of aliphatic imine (C=N–C) groups is 1. The molecule has 3 aromatic carbocycles. The van der Waals surface area contributed by atoms with Crippen LogP contribution in [0.1, 0.15) is 11.1 Å². The van der Waals surface area contributed by atoms with Crippen LogP contribution >= 0.6 is 34.9 Å². The number of anilines is 3. The van der Waals surface area contributed by atoms with Gasteiger partial charge in [-0.2, -0.15) is 8.75 Å². The van der Waals surface area contributed by atoms with Crippen LogP contribution in [0.25, 0.3) is 11.0 Å². The lowest BCUT2D eigenvalue weighted by atomic mass is 10.1. The SMILES string of the molecule is Cc1ccc(Nc2c(F)cccc2Cl)c(CC(=O)O)c1.Clc1ccc2nsnc2c1NC1=NCCN1. The Kier molecular flexibility index (Phi) is 8.19. The Labute approximate surface area is 220 Å². The van der Waals surface area contributed by atoms with E-state index in [1.54, 1.807) is 18.2 Å². The molecule has 36 heavy (non-hydrogen) atoms. The van der Waals surface area contributed by atoms with E-state index in [9.17, 15) is 9.18 Å². The molecule has 0 amide bonds. The summed E-state index contributed by atoms with van der Waals surface area (Å²) in [6.07, 6.45) is -0.143. The Morgan fingerprint density at radius 1 is 1.11 bits per heavy atom. The second-order valence-electron chi connectivity index (χ2n) is 7.79. The number of guanidine groups is 1. The van der Waals surface area contributed by atoms with Crippen molar-refractivity contribution < 1.29 is 14.3 Å². The number of nitrogens with zero attached hydrogens (tertiary/aromatic N) is 3. The number of aromatic nitrogens is 2. The average molecular weight is 547 g/mol. The number of aryl methyl sites for hydroxylation is 1. The monoisotopic (exact) mass is 546 g/mol. The van der Waals surface area contributed by atoms with Crippen LogP contribution in [-0.4, -0.2) is 38.9 Å². The van der Waals surface area contributed by atoms with Crippen molar-refractivity contribution in [3.63, 3.8) is 0 Å². The van der Waals surface area contributed by atoms with Gasteiger partial charge >= 0.3 is 5.97 Å². The first kappa shape index (κ1) is 25.6. The Morgan fingerprint density at radius 2 is 1.92 bits per heavy atom. The van der Waals surface area contributed by atoms with E-state index in [0.29, 0.717) is 16.3 Å². The summed E-state index contributed by atoms with van der Waals surface area (Å²) >= 11 is 13.3. The number of nitrogens with one attached hydrogen (secondary N) is 3. The van der Waals surface area contributed by atoms with Crippen molar-refractivity contribution in [3.8, 4) is 0 Å². The number of hydrogen-bond acceptors (Lipinski definition) is 8. The molecule has 186 valence electrons. The van der Waals surface area contributed by atoms with Gasteiger partial charge in [0, 0.05) is 12.2 Å². The van der Waals surface area contributed by atoms with Crippen molar-refractivity contribution >= 4 is 75.0 Å². The van der Waals surface area contributed by atoms with Crippen LogP contribution in [0.15, 0.2) is 53.5 Å². The Bertz CT molecular complexity index is 1430. The van der Waals surface area contributed by atoms with Crippen LogP contribution in [0.4, 0.5) is 21.5 Å². The van der Waals surface area contributed by atoms with E-state index < -0.39 is 11.8 Å². The minimum atomic E-state index is -0.946. The Balaban J connectivity index is 0.000000173. The minimum Gasteiger partial charge on any atom is -0.481 e. The number of hydrogen-bond donors (Lipinski definition) is 4. The number of carboxylic acid groups (broad SMARTS) is 1. The molecule has 0 unspecified atom stereocenters. The van der Waals surface area contributed by atoms with Gasteiger partial charge in [0.25, 0.3) is 0 Å². The molecule has 1 aliphatic heterocycles. The van der Waals surface area contributed by atoms with Crippen LogP contribution in [0.5, 0.6) is 0 Å². The molecule has 0 bridgehead atoms. The molecule has 12 heteroatoms.